The van der Waals surface area contributed by atoms with Crippen LogP contribution in [-0.2, 0) is 5.41 Å². The number of fused-ring (bicyclic) bond motifs is 10. The van der Waals surface area contributed by atoms with Crippen LogP contribution >= 0.6 is 0 Å². The van der Waals surface area contributed by atoms with E-state index in [4.69, 9.17) is 14.4 Å². The largest absolute Gasteiger partial charge is 0.455 e. The van der Waals surface area contributed by atoms with E-state index in [0.717, 1.165) is 71.9 Å². The zero-order chi connectivity index (χ0) is 42.5. The summed E-state index contributed by atoms with van der Waals surface area (Å²) in [7, 11) is 0. The number of furan rings is 1. The van der Waals surface area contributed by atoms with Gasteiger partial charge in [-0.25, -0.2) is 9.97 Å². The molecule has 10 aromatic carbocycles. The van der Waals surface area contributed by atoms with Crippen molar-refractivity contribution in [2.75, 3.05) is 0 Å². The van der Waals surface area contributed by atoms with Gasteiger partial charge in [-0.3, -0.25) is 0 Å². The number of hydrogen-bond donors (Lipinski definition) is 0. The molecule has 300 valence electrons. The topological polar surface area (TPSA) is 38.9 Å². The molecule has 0 spiro atoms. The quantitative estimate of drug-likeness (QED) is 0.174. The minimum atomic E-state index is -0.126. The molecule has 0 saturated heterocycles. The van der Waals surface area contributed by atoms with Crippen molar-refractivity contribution in [1.29, 1.82) is 0 Å². The summed E-state index contributed by atoms with van der Waals surface area (Å²) in [5, 5.41) is 9.42. The van der Waals surface area contributed by atoms with Gasteiger partial charge >= 0.3 is 0 Å². The number of hydrogen-bond acceptors (Lipinski definition) is 3. The predicted molar refractivity (Wildman–Crippen MR) is 267 cm³/mol. The van der Waals surface area contributed by atoms with Crippen molar-refractivity contribution in [2.45, 2.75) is 19.3 Å². The summed E-state index contributed by atoms with van der Waals surface area (Å²) in [6.07, 6.45) is 0. The first-order valence-electron chi connectivity index (χ1n) is 22.1. The fraction of sp³-hybridized carbons (Fsp3) is 0.0492. The van der Waals surface area contributed by atoms with Gasteiger partial charge in [-0.2, -0.15) is 0 Å². The molecule has 2 heterocycles. The molecule has 0 amide bonds. The minimum absolute atomic E-state index is 0.126. The summed E-state index contributed by atoms with van der Waals surface area (Å²) in [5.74, 6) is 0.692. The van der Waals surface area contributed by atoms with Crippen molar-refractivity contribution in [1.82, 2.24) is 9.97 Å². The van der Waals surface area contributed by atoms with E-state index in [2.05, 4.69) is 214 Å². The first kappa shape index (κ1) is 36.5. The molecule has 0 radical (unpaired) electrons. The smallest absolute Gasteiger partial charge is 0.160 e. The second-order valence-electron chi connectivity index (χ2n) is 17.7. The summed E-state index contributed by atoms with van der Waals surface area (Å²) < 4.78 is 6.46. The lowest BCUT2D eigenvalue weighted by molar-refractivity contribution is 0.661. The molecule has 0 bridgehead atoms. The van der Waals surface area contributed by atoms with E-state index in [-0.39, 0.29) is 5.41 Å². The van der Waals surface area contributed by atoms with Crippen LogP contribution in [0, 0.1) is 0 Å². The highest BCUT2D eigenvalue weighted by Crippen LogP contribution is 2.54. The highest BCUT2D eigenvalue weighted by molar-refractivity contribution is 6.16. The maximum Gasteiger partial charge on any atom is 0.160 e. The minimum Gasteiger partial charge on any atom is -0.455 e. The van der Waals surface area contributed by atoms with Crippen LogP contribution in [0.3, 0.4) is 0 Å². The average molecular weight is 817 g/mol. The van der Waals surface area contributed by atoms with Gasteiger partial charge in [0.25, 0.3) is 0 Å². The van der Waals surface area contributed by atoms with E-state index < -0.39 is 0 Å². The van der Waals surface area contributed by atoms with E-state index >= 15 is 0 Å². The molecule has 0 aliphatic heterocycles. The maximum atomic E-state index is 6.46. The third-order valence-electron chi connectivity index (χ3n) is 13.7. The molecule has 1 aliphatic rings. The van der Waals surface area contributed by atoms with Gasteiger partial charge in [0, 0.05) is 38.3 Å². The van der Waals surface area contributed by atoms with Gasteiger partial charge in [-0.1, -0.05) is 178 Å². The molecule has 64 heavy (non-hydrogen) atoms. The zero-order valence-corrected chi connectivity index (χ0v) is 35.4. The Morgan fingerprint density at radius 3 is 1.86 bits per heavy atom. The lowest BCUT2D eigenvalue weighted by Crippen LogP contribution is -2.14. The maximum absolute atomic E-state index is 6.46. The van der Waals surface area contributed by atoms with Gasteiger partial charge in [0.05, 0.1) is 11.4 Å². The van der Waals surface area contributed by atoms with Crippen LogP contribution in [0.2, 0.25) is 0 Å². The highest BCUT2D eigenvalue weighted by Gasteiger charge is 2.37. The van der Waals surface area contributed by atoms with E-state index in [1.807, 2.05) is 6.07 Å². The average Bonchev–Trinajstić information content (AvgIpc) is 3.84. The van der Waals surface area contributed by atoms with Crippen LogP contribution in [0.5, 0.6) is 0 Å². The Morgan fingerprint density at radius 2 is 1.02 bits per heavy atom. The van der Waals surface area contributed by atoms with E-state index in [1.165, 1.54) is 54.9 Å². The Hall–Kier alpha value is -8.14. The molecule has 0 saturated carbocycles. The van der Waals surface area contributed by atoms with E-state index in [0.29, 0.717) is 5.82 Å². The molecule has 12 aromatic rings. The standard InChI is InChI=1S/C61H40N2O/c1-61(2)53-25-13-24-49(58(53)52-34-40-17-6-7-18-41(40)35-54(52)61)47-29-30-48(46-23-11-10-22-45(46)47)56-36-55(62-60(63-56)38-15-4-3-5-16-38)43-20-12-19-39(32-43)42-27-31-57-51(33-42)50-28-26-37-14-8-9-21-44(37)59(50)64-57/h3-36H,1-2H3. The zero-order valence-electron chi connectivity index (χ0n) is 35.4. The van der Waals surface area contributed by atoms with Gasteiger partial charge in [0.2, 0.25) is 0 Å². The van der Waals surface area contributed by atoms with Crippen LogP contribution in [0.15, 0.2) is 211 Å². The Labute approximate surface area is 371 Å². The molecule has 0 N–H and O–H groups in total. The van der Waals surface area contributed by atoms with Crippen molar-refractivity contribution in [3.05, 3.63) is 217 Å². The summed E-state index contributed by atoms with van der Waals surface area (Å²) >= 11 is 0. The molecule has 3 heteroatoms. The highest BCUT2D eigenvalue weighted by atomic mass is 16.3. The van der Waals surface area contributed by atoms with Crippen molar-refractivity contribution in [3.63, 3.8) is 0 Å². The third kappa shape index (κ3) is 5.60. The Bertz CT molecular complexity index is 3880. The normalized spacial score (nSPS) is 13.0. The summed E-state index contributed by atoms with van der Waals surface area (Å²) in [6, 6.07) is 74.3. The monoisotopic (exact) mass is 816 g/mol. The molecule has 2 aromatic heterocycles. The van der Waals surface area contributed by atoms with Crippen LogP contribution in [-0.4, -0.2) is 9.97 Å². The summed E-state index contributed by atoms with van der Waals surface area (Å²) in [5.41, 5.74) is 16.6. The summed E-state index contributed by atoms with van der Waals surface area (Å²) in [6.45, 7) is 4.73. The van der Waals surface area contributed by atoms with Crippen LogP contribution in [0.4, 0.5) is 0 Å². The van der Waals surface area contributed by atoms with Crippen molar-refractivity contribution < 1.29 is 4.42 Å². The van der Waals surface area contributed by atoms with Crippen LogP contribution < -0.4 is 0 Å². The van der Waals surface area contributed by atoms with Crippen LogP contribution in [0.1, 0.15) is 25.0 Å². The van der Waals surface area contributed by atoms with Crippen LogP contribution in [0.25, 0.3) is 122 Å². The molecule has 3 nitrogen and oxygen atoms in total. The van der Waals surface area contributed by atoms with Gasteiger partial charge in [0.1, 0.15) is 11.2 Å². The lowest BCUT2D eigenvalue weighted by Gasteiger charge is -2.22. The van der Waals surface area contributed by atoms with Gasteiger partial charge in [0.15, 0.2) is 5.82 Å². The second kappa shape index (κ2) is 13.9. The fourth-order valence-electron chi connectivity index (χ4n) is 10.4. The molecule has 0 fully saturated rings. The Balaban J connectivity index is 0.955. The predicted octanol–water partition coefficient (Wildman–Crippen LogP) is 16.5. The third-order valence-corrected chi connectivity index (χ3v) is 13.7. The number of nitrogens with zero attached hydrogens (tertiary/aromatic N) is 2. The van der Waals surface area contributed by atoms with E-state index in [9.17, 15) is 0 Å². The SMILES string of the molecule is CC1(C)c2cc3ccccc3cc2-c2c(-c3ccc(-c4cc(-c5cccc(-c6ccc7oc8c9ccccc9ccc8c7c6)c5)nc(-c5ccccc5)n4)c4ccccc34)cccc21. The second-order valence-corrected chi connectivity index (χ2v) is 17.7. The first-order valence-corrected chi connectivity index (χ1v) is 22.1. The Morgan fingerprint density at radius 1 is 0.359 bits per heavy atom. The molecule has 1 aliphatic carbocycles. The summed E-state index contributed by atoms with van der Waals surface area (Å²) in [4.78, 5) is 10.6. The van der Waals surface area contributed by atoms with Crippen molar-refractivity contribution >= 4 is 54.3 Å². The van der Waals surface area contributed by atoms with Gasteiger partial charge in [-0.05, 0) is 114 Å². The number of aromatic nitrogens is 2. The first-order chi connectivity index (χ1) is 31.5. The molecule has 13 rings (SSSR count). The molecule has 0 unspecified atom stereocenters. The lowest BCUT2D eigenvalue weighted by atomic mass is 9.81. The molecular weight excluding hydrogens is 777 g/mol. The number of benzene rings is 10. The Kier molecular flexibility index (Phi) is 7.95. The van der Waals surface area contributed by atoms with Gasteiger partial charge in [-0.15, -0.1) is 0 Å². The molecule has 0 atom stereocenters. The molecular formula is C61H40N2O. The van der Waals surface area contributed by atoms with Gasteiger partial charge < -0.3 is 4.42 Å². The fourth-order valence-corrected chi connectivity index (χ4v) is 10.4. The number of rotatable bonds is 5. The van der Waals surface area contributed by atoms with Crippen molar-refractivity contribution in [3.8, 4) is 67.3 Å². The van der Waals surface area contributed by atoms with E-state index in [1.54, 1.807) is 0 Å². The van der Waals surface area contributed by atoms with Crippen molar-refractivity contribution in [2.24, 2.45) is 0 Å².